The van der Waals surface area contributed by atoms with Crippen LogP contribution >= 0.6 is 22.7 Å². The molecule has 0 radical (unpaired) electrons. The Morgan fingerprint density at radius 2 is 2.22 bits per heavy atom. The number of aromatic nitrogens is 1. The van der Waals surface area contributed by atoms with E-state index in [0.717, 1.165) is 18.5 Å². The lowest BCUT2D eigenvalue weighted by molar-refractivity contribution is -0.117. The molecule has 1 N–H and O–H groups in total. The summed E-state index contributed by atoms with van der Waals surface area (Å²) in [5.74, 6) is 0.344. The molecule has 1 saturated carbocycles. The molecular weight excluding hydrogens is 264 g/mol. The van der Waals surface area contributed by atoms with Gasteiger partial charge in [-0.1, -0.05) is 0 Å². The van der Waals surface area contributed by atoms with Crippen molar-refractivity contribution in [3.8, 4) is 11.3 Å². The van der Waals surface area contributed by atoms with E-state index in [1.54, 1.807) is 11.3 Å². The molecule has 1 aliphatic carbocycles. The number of carbonyl (C=O) groups excluding carboxylic acids is 1. The van der Waals surface area contributed by atoms with E-state index < -0.39 is 0 Å². The summed E-state index contributed by atoms with van der Waals surface area (Å²) < 4.78 is 0. The van der Waals surface area contributed by atoms with E-state index in [0.29, 0.717) is 5.13 Å². The van der Waals surface area contributed by atoms with E-state index in [-0.39, 0.29) is 11.8 Å². The minimum atomic E-state index is 0.120. The average Bonchev–Trinajstić information content (AvgIpc) is 2.99. The molecule has 0 unspecified atom stereocenters. The van der Waals surface area contributed by atoms with Crippen molar-refractivity contribution in [1.29, 1.82) is 0 Å². The van der Waals surface area contributed by atoms with Gasteiger partial charge in [-0.2, -0.15) is 0 Å². The van der Waals surface area contributed by atoms with Gasteiger partial charge < -0.3 is 5.32 Å². The van der Waals surface area contributed by atoms with Gasteiger partial charge in [0.2, 0.25) is 5.91 Å². The third-order valence-corrected chi connectivity index (χ3v) is 4.72. The maximum absolute atomic E-state index is 11.6. The van der Waals surface area contributed by atoms with Gasteiger partial charge in [0.1, 0.15) is 0 Å². The summed E-state index contributed by atoms with van der Waals surface area (Å²) in [5.41, 5.74) is 2.15. The Morgan fingerprint density at radius 3 is 2.83 bits per heavy atom. The highest BCUT2D eigenvalue weighted by molar-refractivity contribution is 7.14. The molecule has 0 saturated heterocycles. The third-order valence-electron chi connectivity index (χ3n) is 3.00. The van der Waals surface area contributed by atoms with Crippen molar-refractivity contribution >= 4 is 33.7 Å². The van der Waals surface area contributed by atoms with Crippen LogP contribution in [0.15, 0.2) is 11.4 Å². The van der Waals surface area contributed by atoms with E-state index in [1.165, 1.54) is 26.7 Å². The van der Waals surface area contributed by atoms with Gasteiger partial charge in [-0.3, -0.25) is 4.79 Å². The Bertz CT molecular complexity index is 596. The summed E-state index contributed by atoms with van der Waals surface area (Å²) in [5, 5.41) is 5.62. The van der Waals surface area contributed by atoms with Crippen molar-refractivity contribution in [2.45, 2.75) is 26.7 Å². The molecule has 94 valence electrons. The number of nitrogens with one attached hydrogen (secondary N) is 1. The number of thiazole rings is 1. The van der Waals surface area contributed by atoms with Crippen LogP contribution in [0, 0.1) is 19.8 Å². The van der Waals surface area contributed by atoms with Gasteiger partial charge in [-0.05, 0) is 32.8 Å². The molecule has 0 spiro atoms. The number of hydrogen-bond acceptors (Lipinski definition) is 4. The number of nitrogens with zero attached hydrogens (tertiary/aromatic N) is 1. The van der Waals surface area contributed by atoms with Crippen LogP contribution in [0.5, 0.6) is 0 Å². The van der Waals surface area contributed by atoms with Crippen molar-refractivity contribution in [2.24, 2.45) is 5.92 Å². The third kappa shape index (κ3) is 2.33. The van der Waals surface area contributed by atoms with Crippen LogP contribution in [0.3, 0.4) is 0 Å². The maximum atomic E-state index is 11.6. The lowest BCUT2D eigenvalue weighted by Gasteiger charge is -1.98. The highest BCUT2D eigenvalue weighted by Gasteiger charge is 2.30. The fraction of sp³-hybridized carbons (Fsp3) is 0.385. The monoisotopic (exact) mass is 278 g/mol. The topological polar surface area (TPSA) is 42.0 Å². The number of amides is 1. The van der Waals surface area contributed by atoms with Gasteiger partial charge in [-0.15, -0.1) is 22.7 Å². The van der Waals surface area contributed by atoms with Crippen molar-refractivity contribution < 1.29 is 4.79 Å². The largest absolute Gasteiger partial charge is 0.302 e. The molecule has 1 fully saturated rings. The van der Waals surface area contributed by atoms with Crippen molar-refractivity contribution in [3.05, 3.63) is 21.2 Å². The molecule has 5 heteroatoms. The van der Waals surface area contributed by atoms with E-state index in [4.69, 9.17) is 0 Å². The lowest BCUT2D eigenvalue weighted by Crippen LogP contribution is -2.12. The first kappa shape index (κ1) is 11.9. The number of hydrogen-bond donors (Lipinski definition) is 1. The number of thiophene rings is 1. The van der Waals surface area contributed by atoms with Gasteiger partial charge in [0.15, 0.2) is 5.13 Å². The summed E-state index contributed by atoms with van der Waals surface area (Å²) >= 11 is 3.28. The SMILES string of the molecule is Cc1cc(-c2csc(NC(=O)C3CC3)n2)c(C)s1. The van der Waals surface area contributed by atoms with Gasteiger partial charge in [0.05, 0.1) is 5.69 Å². The van der Waals surface area contributed by atoms with Gasteiger partial charge in [0, 0.05) is 26.6 Å². The molecule has 0 atom stereocenters. The number of anilines is 1. The summed E-state index contributed by atoms with van der Waals surface area (Å²) in [6, 6.07) is 2.15. The van der Waals surface area contributed by atoms with Crippen LogP contribution in [0.2, 0.25) is 0 Å². The van der Waals surface area contributed by atoms with Gasteiger partial charge >= 0.3 is 0 Å². The molecule has 1 aliphatic rings. The molecule has 3 rings (SSSR count). The molecule has 2 aromatic rings. The highest BCUT2D eigenvalue weighted by Crippen LogP contribution is 2.34. The number of aryl methyl sites for hydroxylation is 2. The highest BCUT2D eigenvalue weighted by atomic mass is 32.1. The summed E-state index contributed by atoms with van der Waals surface area (Å²) in [4.78, 5) is 18.7. The fourth-order valence-corrected chi connectivity index (χ4v) is 3.54. The van der Waals surface area contributed by atoms with Crippen molar-refractivity contribution in [3.63, 3.8) is 0 Å². The molecule has 1 amide bonds. The molecule has 18 heavy (non-hydrogen) atoms. The number of carbonyl (C=O) groups is 1. The van der Waals surface area contributed by atoms with Crippen molar-refractivity contribution in [2.75, 3.05) is 5.32 Å². The Hall–Kier alpha value is -1.20. The zero-order valence-electron chi connectivity index (χ0n) is 10.3. The minimum Gasteiger partial charge on any atom is -0.302 e. The molecule has 3 nitrogen and oxygen atoms in total. The Kier molecular flexibility index (Phi) is 2.95. The lowest BCUT2D eigenvalue weighted by atomic mass is 10.2. The standard InChI is InChI=1S/C13H14N2OS2/c1-7-5-10(8(2)18-7)11-6-17-13(14-11)15-12(16)9-3-4-9/h5-6,9H,3-4H2,1-2H3,(H,14,15,16). The average molecular weight is 278 g/mol. The summed E-state index contributed by atoms with van der Waals surface area (Å²) in [6.45, 7) is 4.21. The molecular formula is C13H14N2OS2. The second kappa shape index (κ2) is 4.48. The zero-order chi connectivity index (χ0) is 12.7. The fourth-order valence-electron chi connectivity index (χ4n) is 1.89. The maximum Gasteiger partial charge on any atom is 0.229 e. The predicted molar refractivity (Wildman–Crippen MR) is 76.3 cm³/mol. The Morgan fingerprint density at radius 1 is 1.44 bits per heavy atom. The molecule has 0 aliphatic heterocycles. The minimum absolute atomic E-state index is 0.120. The molecule has 2 aromatic heterocycles. The number of rotatable bonds is 3. The molecule has 0 aromatic carbocycles. The van der Waals surface area contributed by atoms with E-state index in [9.17, 15) is 4.79 Å². The van der Waals surface area contributed by atoms with E-state index in [1.807, 2.05) is 5.38 Å². The van der Waals surface area contributed by atoms with Crippen LogP contribution in [0.1, 0.15) is 22.6 Å². The predicted octanol–water partition coefficient (Wildman–Crippen LogP) is 3.84. The molecule has 0 bridgehead atoms. The van der Waals surface area contributed by atoms with Crippen LogP contribution < -0.4 is 5.32 Å². The van der Waals surface area contributed by atoms with E-state index in [2.05, 4.69) is 30.2 Å². The second-order valence-corrected chi connectivity index (χ2v) is 6.95. The smallest absolute Gasteiger partial charge is 0.229 e. The normalized spacial score (nSPS) is 14.8. The van der Waals surface area contributed by atoms with Crippen LogP contribution in [0.25, 0.3) is 11.3 Å². The first-order valence-corrected chi connectivity index (χ1v) is 7.67. The van der Waals surface area contributed by atoms with Gasteiger partial charge in [-0.25, -0.2) is 4.98 Å². The Labute approximate surface area is 114 Å². The van der Waals surface area contributed by atoms with Crippen LogP contribution in [0.4, 0.5) is 5.13 Å². The van der Waals surface area contributed by atoms with Crippen LogP contribution in [-0.2, 0) is 4.79 Å². The van der Waals surface area contributed by atoms with Crippen LogP contribution in [-0.4, -0.2) is 10.9 Å². The summed E-state index contributed by atoms with van der Waals surface area (Å²) in [6.07, 6.45) is 2.04. The van der Waals surface area contributed by atoms with Gasteiger partial charge in [0.25, 0.3) is 0 Å². The zero-order valence-corrected chi connectivity index (χ0v) is 12.0. The first-order chi connectivity index (χ1) is 8.63. The van der Waals surface area contributed by atoms with E-state index >= 15 is 0 Å². The molecule has 2 heterocycles. The second-order valence-electron chi connectivity index (χ2n) is 4.63. The quantitative estimate of drug-likeness (QED) is 0.927. The first-order valence-electron chi connectivity index (χ1n) is 5.97. The Balaban J connectivity index is 1.80. The van der Waals surface area contributed by atoms with Crippen molar-refractivity contribution in [1.82, 2.24) is 4.98 Å². The summed E-state index contributed by atoms with van der Waals surface area (Å²) in [7, 11) is 0.